The Morgan fingerprint density at radius 2 is 1.84 bits per heavy atom. The number of hydrogen-bond acceptors (Lipinski definition) is 6. The van der Waals surface area contributed by atoms with Gasteiger partial charge in [0.05, 0.1) is 18.8 Å². The van der Waals surface area contributed by atoms with Gasteiger partial charge < -0.3 is 25.2 Å². The van der Waals surface area contributed by atoms with Gasteiger partial charge in [-0.15, -0.1) is 0 Å². The van der Waals surface area contributed by atoms with Gasteiger partial charge in [0.1, 0.15) is 17.5 Å². The number of hydrogen-bond donors (Lipinski definition) is 3. The number of carbonyl (C=O) groups excluding carboxylic acids is 2. The molecule has 0 aromatic heterocycles. The molecule has 1 amide bonds. The highest BCUT2D eigenvalue weighted by molar-refractivity contribution is 6.00. The number of carbonyl (C=O) groups is 2. The molecule has 0 radical (unpaired) electrons. The van der Waals surface area contributed by atoms with Gasteiger partial charge in [-0.05, 0) is 64.4 Å². The molecule has 0 aliphatic carbocycles. The molecule has 0 bridgehead atoms. The zero-order chi connectivity index (χ0) is 23.5. The molecule has 32 heavy (non-hydrogen) atoms. The molecule has 1 atom stereocenters. The van der Waals surface area contributed by atoms with Crippen molar-refractivity contribution in [3.8, 4) is 11.5 Å². The van der Waals surface area contributed by atoms with Crippen LogP contribution in [0.5, 0.6) is 11.5 Å². The average Bonchev–Trinajstić information content (AvgIpc) is 2.78. The fourth-order valence-corrected chi connectivity index (χ4v) is 3.45. The highest BCUT2D eigenvalue weighted by Gasteiger charge is 2.26. The first-order valence-electron chi connectivity index (χ1n) is 11.0. The number of esters is 1. The lowest BCUT2D eigenvalue weighted by atomic mass is 10.0. The molecule has 7 nitrogen and oxygen atoms in total. The molecule has 7 heteroatoms. The Morgan fingerprint density at radius 3 is 2.50 bits per heavy atom. The van der Waals surface area contributed by atoms with Crippen molar-refractivity contribution >= 4 is 11.9 Å². The summed E-state index contributed by atoms with van der Waals surface area (Å²) in [7, 11) is 1.91. The van der Waals surface area contributed by atoms with Crippen molar-refractivity contribution in [2.45, 2.75) is 46.1 Å². The minimum atomic E-state index is -0.868. The van der Waals surface area contributed by atoms with Crippen molar-refractivity contribution in [2.24, 2.45) is 0 Å². The van der Waals surface area contributed by atoms with Gasteiger partial charge in [-0.2, -0.15) is 0 Å². The Hall–Kier alpha value is -3.06. The fourth-order valence-electron chi connectivity index (χ4n) is 3.45. The molecule has 0 fully saturated rings. The number of benzene rings is 2. The number of unbranched alkanes of at least 4 members (excludes halogenated alkanes) is 1. The molecule has 2 aromatic carbocycles. The lowest BCUT2D eigenvalue weighted by Crippen LogP contribution is -2.43. The quantitative estimate of drug-likeness (QED) is 0.345. The first-order valence-corrected chi connectivity index (χ1v) is 11.0. The Labute approximate surface area is 190 Å². The van der Waals surface area contributed by atoms with Crippen molar-refractivity contribution < 1.29 is 24.2 Å². The van der Waals surface area contributed by atoms with E-state index in [0.717, 1.165) is 30.5 Å². The largest absolute Gasteiger partial charge is 0.507 e. The summed E-state index contributed by atoms with van der Waals surface area (Å²) in [5.41, 5.74) is 2.24. The summed E-state index contributed by atoms with van der Waals surface area (Å²) in [5, 5.41) is 16.5. The summed E-state index contributed by atoms with van der Waals surface area (Å²) in [6.07, 6.45) is 2.15. The molecule has 2 rings (SSSR count). The smallest absolute Gasteiger partial charge is 0.328 e. The molecule has 0 unspecified atom stereocenters. The second kappa shape index (κ2) is 12.7. The number of amides is 1. The summed E-state index contributed by atoms with van der Waals surface area (Å²) in [6, 6.07) is 10.1. The number of ether oxygens (including phenoxy) is 2. The fraction of sp³-hybridized carbons (Fsp3) is 0.440. The van der Waals surface area contributed by atoms with Gasteiger partial charge >= 0.3 is 5.97 Å². The Bertz CT molecular complexity index is 899. The van der Waals surface area contributed by atoms with Crippen LogP contribution in [-0.2, 0) is 16.0 Å². The topological polar surface area (TPSA) is 96.9 Å². The van der Waals surface area contributed by atoms with Crippen molar-refractivity contribution in [2.75, 3.05) is 26.8 Å². The van der Waals surface area contributed by atoms with Gasteiger partial charge in [0.25, 0.3) is 5.91 Å². The van der Waals surface area contributed by atoms with E-state index >= 15 is 0 Å². The summed E-state index contributed by atoms with van der Waals surface area (Å²) >= 11 is 0. The van der Waals surface area contributed by atoms with E-state index in [0.29, 0.717) is 17.9 Å². The molecule has 0 aliphatic heterocycles. The van der Waals surface area contributed by atoms with E-state index in [9.17, 15) is 14.7 Å². The average molecular weight is 443 g/mol. The van der Waals surface area contributed by atoms with Crippen molar-refractivity contribution in [3.63, 3.8) is 0 Å². The van der Waals surface area contributed by atoms with Crippen LogP contribution in [0.4, 0.5) is 0 Å². The van der Waals surface area contributed by atoms with Gasteiger partial charge in [0.2, 0.25) is 0 Å². The summed E-state index contributed by atoms with van der Waals surface area (Å²) in [4.78, 5) is 25.5. The standard InChI is InChI=1S/C25H34N2O5/c1-5-31-25(30)21(16-19-11-7-6-8-12-19)27-24(29)20-15-17(2)23(18(3)22(20)28)32-14-10-9-13-26-4/h6-8,11-12,15,21,26,28H,5,9-10,13-14,16H2,1-4H3,(H,27,29)/t21-/m1/s1. The van der Waals surface area contributed by atoms with E-state index in [1.54, 1.807) is 19.9 Å². The van der Waals surface area contributed by atoms with Crippen molar-refractivity contribution in [3.05, 3.63) is 58.7 Å². The van der Waals surface area contributed by atoms with Crippen molar-refractivity contribution in [1.82, 2.24) is 10.6 Å². The summed E-state index contributed by atoms with van der Waals surface area (Å²) in [6.45, 7) is 6.92. The minimum absolute atomic E-state index is 0.102. The summed E-state index contributed by atoms with van der Waals surface area (Å²) < 4.78 is 11.0. The van der Waals surface area contributed by atoms with Gasteiger partial charge in [0.15, 0.2) is 0 Å². The minimum Gasteiger partial charge on any atom is -0.507 e. The molecule has 0 saturated carbocycles. The third-order valence-electron chi connectivity index (χ3n) is 5.14. The van der Waals surface area contributed by atoms with E-state index < -0.39 is 17.9 Å². The van der Waals surface area contributed by atoms with E-state index in [1.165, 1.54) is 0 Å². The van der Waals surface area contributed by atoms with Crippen LogP contribution in [0.25, 0.3) is 0 Å². The zero-order valence-corrected chi connectivity index (χ0v) is 19.4. The van der Waals surface area contributed by atoms with Crippen LogP contribution in [0.15, 0.2) is 36.4 Å². The van der Waals surface area contributed by atoms with Crippen LogP contribution in [-0.4, -0.2) is 49.8 Å². The van der Waals surface area contributed by atoms with Crippen LogP contribution in [0.1, 0.15) is 46.8 Å². The number of rotatable bonds is 12. The Morgan fingerprint density at radius 1 is 1.12 bits per heavy atom. The van der Waals surface area contributed by atoms with Gasteiger partial charge in [-0.25, -0.2) is 4.79 Å². The van der Waals surface area contributed by atoms with E-state index in [1.807, 2.05) is 44.3 Å². The molecule has 0 heterocycles. The Kier molecular flexibility index (Phi) is 10.0. The van der Waals surface area contributed by atoms with Crippen molar-refractivity contribution in [1.29, 1.82) is 0 Å². The predicted molar refractivity (Wildman–Crippen MR) is 124 cm³/mol. The molecule has 0 aliphatic rings. The maximum Gasteiger partial charge on any atom is 0.328 e. The molecule has 3 N–H and O–H groups in total. The van der Waals surface area contributed by atoms with Gasteiger partial charge in [-0.1, -0.05) is 30.3 Å². The molecular formula is C25H34N2O5. The van der Waals surface area contributed by atoms with Gasteiger partial charge in [-0.3, -0.25) is 4.79 Å². The second-order valence-electron chi connectivity index (χ2n) is 7.67. The molecule has 0 saturated heterocycles. The van der Waals surface area contributed by atoms with Crippen LogP contribution >= 0.6 is 0 Å². The number of phenols is 1. The first kappa shape index (κ1) is 25.2. The van der Waals surface area contributed by atoms with E-state index in [4.69, 9.17) is 9.47 Å². The van der Waals surface area contributed by atoms with Crippen LogP contribution < -0.4 is 15.4 Å². The van der Waals surface area contributed by atoms with Crippen LogP contribution in [0, 0.1) is 13.8 Å². The number of aromatic hydroxyl groups is 1. The normalized spacial score (nSPS) is 11.6. The van der Waals surface area contributed by atoms with E-state index in [2.05, 4.69) is 10.6 Å². The number of nitrogens with one attached hydrogen (secondary N) is 2. The Balaban J connectivity index is 2.17. The lowest BCUT2D eigenvalue weighted by Gasteiger charge is -2.20. The predicted octanol–water partition coefficient (Wildman–Crippen LogP) is 3.29. The number of phenolic OH excluding ortho intramolecular Hbond substituents is 1. The SMILES string of the molecule is CCOC(=O)[C@@H](Cc1ccccc1)NC(=O)c1cc(C)c(OCCCCNC)c(C)c1O. The lowest BCUT2D eigenvalue weighted by molar-refractivity contribution is -0.145. The van der Waals surface area contributed by atoms with Gasteiger partial charge in [0, 0.05) is 12.0 Å². The zero-order valence-electron chi connectivity index (χ0n) is 19.4. The number of aryl methyl sites for hydroxylation is 1. The highest BCUT2D eigenvalue weighted by atomic mass is 16.5. The highest BCUT2D eigenvalue weighted by Crippen LogP contribution is 2.34. The molecular weight excluding hydrogens is 408 g/mol. The first-order chi connectivity index (χ1) is 15.4. The molecule has 174 valence electrons. The summed E-state index contributed by atoms with van der Waals surface area (Å²) in [5.74, 6) is -0.627. The maximum absolute atomic E-state index is 13.0. The third-order valence-corrected chi connectivity index (χ3v) is 5.14. The van der Waals surface area contributed by atoms with Crippen LogP contribution in [0.3, 0.4) is 0 Å². The third kappa shape index (κ3) is 6.99. The monoisotopic (exact) mass is 442 g/mol. The maximum atomic E-state index is 13.0. The molecule has 0 spiro atoms. The molecule has 2 aromatic rings. The van der Waals surface area contributed by atoms with Crippen LogP contribution in [0.2, 0.25) is 0 Å². The van der Waals surface area contributed by atoms with E-state index in [-0.39, 0.29) is 24.3 Å². The second-order valence-corrected chi connectivity index (χ2v) is 7.67.